The van der Waals surface area contributed by atoms with Crippen molar-refractivity contribution in [2.24, 2.45) is 17.6 Å². The summed E-state index contributed by atoms with van der Waals surface area (Å²) in [5.74, 6) is -1.52. The Bertz CT molecular complexity index is 1190. The highest BCUT2D eigenvalue weighted by atomic mass is 16.3. The first kappa shape index (κ1) is 25.7. The zero-order valence-corrected chi connectivity index (χ0v) is 20.5. The van der Waals surface area contributed by atoms with Crippen molar-refractivity contribution in [1.29, 1.82) is 0 Å². The lowest BCUT2D eigenvalue weighted by Gasteiger charge is -2.41. The van der Waals surface area contributed by atoms with E-state index >= 15 is 0 Å². The molecule has 8 nitrogen and oxygen atoms in total. The van der Waals surface area contributed by atoms with Gasteiger partial charge in [-0.2, -0.15) is 0 Å². The summed E-state index contributed by atoms with van der Waals surface area (Å²) in [6, 6.07) is 13.9. The number of rotatable bonds is 9. The van der Waals surface area contributed by atoms with Crippen LogP contribution >= 0.6 is 0 Å². The van der Waals surface area contributed by atoms with Gasteiger partial charge < -0.3 is 21.3 Å². The molecular formula is C28H34N4O4. The molecule has 2 amide bonds. The molecule has 4 rings (SSSR count). The SMILES string of the molecule is CC1CCC(O)(C(CC(O)C(Cc2ccccc2)NC(=O)c2ccc3cnccc3n2)C(N)=O)CC1. The van der Waals surface area contributed by atoms with E-state index in [2.05, 4.69) is 22.2 Å². The topological polar surface area (TPSA) is 138 Å². The second-order valence-corrected chi connectivity index (χ2v) is 10.1. The standard InChI is InChI=1S/C28H34N4O4/c1-18-9-12-28(36,13-10-18)21(26(29)34)16-25(33)24(15-19-5-3-2-4-6-19)32-27(35)23-8-7-20-17-30-14-11-22(20)31-23/h2-8,11,14,17-18,21,24-25,33,36H,9-10,12-13,15-16H2,1H3,(H2,29,34)(H,32,35). The Labute approximate surface area is 211 Å². The van der Waals surface area contributed by atoms with Gasteiger partial charge in [-0.05, 0) is 68.2 Å². The number of nitrogens with zero attached hydrogens (tertiary/aromatic N) is 2. The number of aromatic nitrogens is 2. The first-order valence-corrected chi connectivity index (χ1v) is 12.5. The second-order valence-electron chi connectivity index (χ2n) is 10.1. The first-order valence-electron chi connectivity index (χ1n) is 12.5. The smallest absolute Gasteiger partial charge is 0.270 e. The van der Waals surface area contributed by atoms with Gasteiger partial charge in [-0.3, -0.25) is 14.6 Å². The van der Waals surface area contributed by atoms with Crippen LogP contribution in [0.3, 0.4) is 0 Å². The molecule has 2 aromatic heterocycles. The molecule has 1 aliphatic carbocycles. The van der Waals surface area contributed by atoms with Crippen LogP contribution in [-0.2, 0) is 11.2 Å². The van der Waals surface area contributed by atoms with Crippen molar-refractivity contribution < 1.29 is 19.8 Å². The van der Waals surface area contributed by atoms with E-state index in [0.717, 1.165) is 23.8 Å². The Kier molecular flexibility index (Phi) is 7.96. The average molecular weight is 491 g/mol. The number of hydrogen-bond acceptors (Lipinski definition) is 6. The van der Waals surface area contributed by atoms with E-state index in [0.29, 0.717) is 30.7 Å². The van der Waals surface area contributed by atoms with Gasteiger partial charge in [0.05, 0.1) is 29.2 Å². The van der Waals surface area contributed by atoms with Crippen LogP contribution in [0.15, 0.2) is 60.9 Å². The van der Waals surface area contributed by atoms with Crippen LogP contribution in [0.1, 0.15) is 55.1 Å². The van der Waals surface area contributed by atoms with E-state index < -0.39 is 35.5 Å². The summed E-state index contributed by atoms with van der Waals surface area (Å²) >= 11 is 0. The van der Waals surface area contributed by atoms with Crippen LogP contribution < -0.4 is 11.1 Å². The van der Waals surface area contributed by atoms with Gasteiger partial charge in [0.2, 0.25) is 5.91 Å². The second kappa shape index (κ2) is 11.1. The van der Waals surface area contributed by atoms with Crippen LogP contribution in [0.2, 0.25) is 0 Å². The summed E-state index contributed by atoms with van der Waals surface area (Å²) in [5, 5.41) is 26.3. The van der Waals surface area contributed by atoms with Gasteiger partial charge in [-0.25, -0.2) is 4.98 Å². The van der Waals surface area contributed by atoms with Crippen molar-refractivity contribution in [2.45, 2.75) is 63.2 Å². The molecule has 2 heterocycles. The molecule has 5 N–H and O–H groups in total. The molecule has 1 aliphatic rings. The van der Waals surface area contributed by atoms with Crippen molar-refractivity contribution in [3.8, 4) is 0 Å². The number of pyridine rings is 2. The highest BCUT2D eigenvalue weighted by Gasteiger charge is 2.44. The number of primary amides is 1. The Hall–Kier alpha value is -3.36. The molecule has 0 saturated heterocycles. The normalized spacial score (nSPS) is 22.5. The minimum Gasteiger partial charge on any atom is -0.391 e. The third kappa shape index (κ3) is 6.06. The molecular weight excluding hydrogens is 456 g/mol. The lowest BCUT2D eigenvalue weighted by molar-refractivity contribution is -0.138. The highest BCUT2D eigenvalue weighted by molar-refractivity contribution is 5.95. The van der Waals surface area contributed by atoms with Crippen LogP contribution in [0.25, 0.3) is 10.9 Å². The molecule has 36 heavy (non-hydrogen) atoms. The number of amides is 2. The maximum absolute atomic E-state index is 13.2. The maximum Gasteiger partial charge on any atom is 0.270 e. The lowest BCUT2D eigenvalue weighted by atomic mass is 9.70. The number of hydrogen-bond donors (Lipinski definition) is 4. The Balaban J connectivity index is 1.55. The summed E-state index contributed by atoms with van der Waals surface area (Å²) in [4.78, 5) is 34.1. The van der Waals surface area contributed by atoms with E-state index in [1.54, 1.807) is 30.6 Å². The van der Waals surface area contributed by atoms with Crippen LogP contribution in [-0.4, -0.2) is 49.7 Å². The molecule has 1 fully saturated rings. The van der Waals surface area contributed by atoms with Gasteiger partial charge in [0.25, 0.3) is 5.91 Å². The fourth-order valence-electron chi connectivity index (χ4n) is 5.10. The van der Waals surface area contributed by atoms with E-state index in [1.807, 2.05) is 30.3 Å². The molecule has 190 valence electrons. The van der Waals surface area contributed by atoms with Crippen LogP contribution in [0.5, 0.6) is 0 Å². The molecule has 0 bridgehead atoms. The van der Waals surface area contributed by atoms with Gasteiger partial charge in [0.15, 0.2) is 0 Å². The number of nitrogens with one attached hydrogen (secondary N) is 1. The predicted octanol–water partition coefficient (Wildman–Crippen LogP) is 2.76. The van der Waals surface area contributed by atoms with Gasteiger partial charge >= 0.3 is 0 Å². The van der Waals surface area contributed by atoms with Crippen molar-refractivity contribution in [2.75, 3.05) is 0 Å². The Morgan fingerprint density at radius 2 is 1.86 bits per heavy atom. The molecule has 8 heteroatoms. The molecule has 0 aliphatic heterocycles. The van der Waals surface area contributed by atoms with Crippen molar-refractivity contribution >= 4 is 22.7 Å². The van der Waals surface area contributed by atoms with E-state index in [4.69, 9.17) is 5.73 Å². The maximum atomic E-state index is 13.2. The summed E-state index contributed by atoms with van der Waals surface area (Å²) in [5.41, 5.74) is 6.24. The molecule has 3 unspecified atom stereocenters. The van der Waals surface area contributed by atoms with Crippen LogP contribution in [0.4, 0.5) is 0 Å². The number of fused-ring (bicyclic) bond motifs is 1. The van der Waals surface area contributed by atoms with Gasteiger partial charge in [-0.1, -0.05) is 37.3 Å². The minimum atomic E-state index is -1.26. The number of nitrogens with two attached hydrogens (primary N) is 1. The number of carbonyl (C=O) groups is 2. The van der Waals surface area contributed by atoms with Crippen molar-refractivity contribution in [3.05, 3.63) is 72.2 Å². The highest BCUT2D eigenvalue weighted by Crippen LogP contribution is 2.39. The molecule has 0 spiro atoms. The fraction of sp³-hybridized carbons (Fsp3) is 0.429. The molecule has 3 aromatic rings. The number of benzene rings is 1. The number of aliphatic hydroxyl groups excluding tert-OH is 1. The third-order valence-electron chi connectivity index (χ3n) is 7.41. The van der Waals surface area contributed by atoms with Gasteiger partial charge in [0, 0.05) is 17.8 Å². The zero-order valence-electron chi connectivity index (χ0n) is 20.5. The lowest BCUT2D eigenvalue weighted by Crippen LogP contribution is -2.52. The van der Waals surface area contributed by atoms with Crippen molar-refractivity contribution in [3.63, 3.8) is 0 Å². The number of aliphatic hydroxyl groups is 2. The molecule has 1 saturated carbocycles. The Morgan fingerprint density at radius 3 is 2.56 bits per heavy atom. The Morgan fingerprint density at radius 1 is 1.14 bits per heavy atom. The van der Waals surface area contributed by atoms with Gasteiger partial charge in [-0.15, -0.1) is 0 Å². The number of carbonyl (C=O) groups excluding carboxylic acids is 2. The summed E-state index contributed by atoms with van der Waals surface area (Å²) in [7, 11) is 0. The average Bonchev–Trinajstić information content (AvgIpc) is 2.88. The summed E-state index contributed by atoms with van der Waals surface area (Å²) < 4.78 is 0. The van der Waals surface area contributed by atoms with E-state index in [-0.39, 0.29) is 12.1 Å². The van der Waals surface area contributed by atoms with E-state index in [1.165, 1.54) is 0 Å². The monoisotopic (exact) mass is 490 g/mol. The minimum absolute atomic E-state index is 0.0468. The first-order chi connectivity index (χ1) is 17.2. The summed E-state index contributed by atoms with van der Waals surface area (Å²) in [6.07, 6.45) is 4.97. The largest absolute Gasteiger partial charge is 0.391 e. The predicted molar refractivity (Wildman–Crippen MR) is 137 cm³/mol. The fourth-order valence-corrected chi connectivity index (χ4v) is 5.10. The third-order valence-corrected chi connectivity index (χ3v) is 7.41. The van der Waals surface area contributed by atoms with Crippen LogP contribution in [0, 0.1) is 11.8 Å². The van der Waals surface area contributed by atoms with Crippen molar-refractivity contribution in [1.82, 2.24) is 15.3 Å². The quantitative estimate of drug-likeness (QED) is 0.364. The molecule has 3 atom stereocenters. The van der Waals surface area contributed by atoms with Gasteiger partial charge in [0.1, 0.15) is 5.69 Å². The molecule has 1 aromatic carbocycles. The summed E-state index contributed by atoms with van der Waals surface area (Å²) in [6.45, 7) is 2.12. The van der Waals surface area contributed by atoms with E-state index in [9.17, 15) is 19.8 Å². The molecule has 0 radical (unpaired) electrons. The zero-order chi connectivity index (χ0) is 25.7.